The average Bonchev–Trinajstić information content (AvgIpc) is 3.50. The normalized spacial score (nSPS) is 22.1. The van der Waals surface area contributed by atoms with Crippen molar-refractivity contribution in [2.45, 2.75) is 37.0 Å². The van der Waals surface area contributed by atoms with Crippen LogP contribution in [0.1, 0.15) is 31.9 Å². The Hall–Kier alpha value is -1.87. The molecule has 0 bridgehead atoms. The lowest BCUT2D eigenvalue weighted by molar-refractivity contribution is 0.0925. The summed E-state index contributed by atoms with van der Waals surface area (Å²) in [6.07, 6.45) is 3.92. The fourth-order valence-corrected chi connectivity index (χ4v) is 5.20. The van der Waals surface area contributed by atoms with Crippen LogP contribution in [0.3, 0.4) is 0 Å². The van der Waals surface area contributed by atoms with E-state index in [0.717, 1.165) is 37.2 Å². The van der Waals surface area contributed by atoms with Crippen molar-refractivity contribution in [2.75, 3.05) is 36.6 Å². The molecular formula is C20H28N4O3S. The molecule has 1 aliphatic heterocycles. The van der Waals surface area contributed by atoms with E-state index in [0.29, 0.717) is 30.4 Å². The number of nitrogen functional groups attached to an aromatic ring is 1. The molecule has 1 saturated heterocycles. The molecule has 8 heteroatoms. The predicted octanol–water partition coefficient (Wildman–Crippen LogP) is 3.71. The predicted molar refractivity (Wildman–Crippen MR) is 114 cm³/mol. The van der Waals surface area contributed by atoms with Gasteiger partial charge < -0.3 is 15.4 Å². The Kier molecular flexibility index (Phi) is 4.99. The van der Waals surface area contributed by atoms with Gasteiger partial charge in [0, 0.05) is 30.1 Å². The molecule has 1 atom stereocenters. The van der Waals surface area contributed by atoms with Gasteiger partial charge in [0.15, 0.2) is 5.82 Å². The van der Waals surface area contributed by atoms with E-state index in [1.807, 2.05) is 30.3 Å². The molecule has 152 valence electrons. The van der Waals surface area contributed by atoms with Gasteiger partial charge in [0.05, 0.1) is 24.9 Å². The summed E-state index contributed by atoms with van der Waals surface area (Å²) in [4.78, 5) is 11.9. The van der Waals surface area contributed by atoms with Crippen molar-refractivity contribution in [1.82, 2.24) is 9.97 Å². The molecule has 1 saturated carbocycles. The fraction of sp³-hybridized carbons (Fsp3) is 0.500. The second-order valence-electron chi connectivity index (χ2n) is 7.72. The Morgan fingerprint density at radius 2 is 1.96 bits per heavy atom. The Labute approximate surface area is 167 Å². The van der Waals surface area contributed by atoms with Gasteiger partial charge in [0.25, 0.3) is 0 Å². The minimum absolute atomic E-state index is 0.243. The van der Waals surface area contributed by atoms with E-state index >= 15 is 0 Å². The second-order valence-corrected chi connectivity index (χ2v) is 10.2. The van der Waals surface area contributed by atoms with E-state index in [9.17, 15) is 9.11 Å². The maximum Gasteiger partial charge on any atom is 0.161 e. The van der Waals surface area contributed by atoms with Crippen LogP contribution in [0, 0.1) is 0 Å². The Morgan fingerprint density at radius 1 is 1.25 bits per heavy atom. The topological polar surface area (TPSA) is 105 Å². The molecule has 2 aromatic rings. The van der Waals surface area contributed by atoms with Crippen LogP contribution in [0.2, 0.25) is 0 Å². The summed E-state index contributed by atoms with van der Waals surface area (Å²) in [5.74, 6) is 1.41. The van der Waals surface area contributed by atoms with Gasteiger partial charge in [0.2, 0.25) is 0 Å². The third-order valence-electron chi connectivity index (χ3n) is 5.79. The number of aromatic nitrogens is 2. The zero-order chi connectivity index (χ0) is 19.9. The highest BCUT2D eigenvalue weighted by molar-refractivity contribution is 8.24. The van der Waals surface area contributed by atoms with E-state index in [-0.39, 0.29) is 6.04 Å². The first-order valence-electron chi connectivity index (χ1n) is 9.67. The number of benzene rings is 1. The molecular weight excluding hydrogens is 376 g/mol. The van der Waals surface area contributed by atoms with Gasteiger partial charge in [-0.15, -0.1) is 0 Å². The van der Waals surface area contributed by atoms with Crippen molar-refractivity contribution in [1.29, 1.82) is 0 Å². The lowest BCUT2D eigenvalue weighted by Crippen LogP contribution is -2.45. The Bertz CT molecular complexity index is 850. The summed E-state index contributed by atoms with van der Waals surface area (Å²) < 4.78 is 26.0. The number of rotatable bonds is 5. The van der Waals surface area contributed by atoms with Gasteiger partial charge in [0.1, 0.15) is 10.6 Å². The number of anilines is 2. The maximum atomic E-state index is 10.5. The lowest BCUT2D eigenvalue weighted by atomic mass is 10.1. The van der Waals surface area contributed by atoms with Crippen LogP contribution in [0.5, 0.6) is 0 Å². The Balaban J connectivity index is 1.83. The highest BCUT2D eigenvalue weighted by atomic mass is 32.3. The number of morpholine rings is 1. The largest absolute Gasteiger partial charge is 0.399 e. The molecule has 1 aromatic carbocycles. The first-order valence-corrected chi connectivity index (χ1v) is 11.6. The van der Waals surface area contributed by atoms with Gasteiger partial charge in [-0.1, -0.05) is 6.92 Å². The van der Waals surface area contributed by atoms with Crippen LogP contribution in [0.4, 0.5) is 11.5 Å². The monoisotopic (exact) mass is 404 g/mol. The average molecular weight is 405 g/mol. The summed E-state index contributed by atoms with van der Waals surface area (Å²) >= 11 is 0. The number of hydrogen-bond donors (Lipinski definition) is 3. The van der Waals surface area contributed by atoms with Crippen molar-refractivity contribution in [3.8, 4) is 11.4 Å². The first kappa shape index (κ1) is 19.4. The number of ether oxygens (including phenoxy) is 1. The molecule has 7 nitrogen and oxygen atoms in total. The van der Waals surface area contributed by atoms with E-state index in [1.54, 1.807) is 0 Å². The molecule has 0 spiro atoms. The van der Waals surface area contributed by atoms with E-state index < -0.39 is 15.3 Å². The molecule has 28 heavy (non-hydrogen) atoms. The number of nitrogens with zero attached hydrogens (tertiary/aromatic N) is 3. The highest BCUT2D eigenvalue weighted by Crippen LogP contribution is 2.69. The zero-order valence-corrected chi connectivity index (χ0v) is 17.2. The molecule has 1 aromatic heterocycles. The lowest BCUT2D eigenvalue weighted by Gasteiger charge is -2.39. The molecule has 2 fully saturated rings. The molecule has 4 rings (SSSR count). The van der Waals surface area contributed by atoms with Crippen molar-refractivity contribution in [3.05, 3.63) is 36.0 Å². The van der Waals surface area contributed by atoms with Crippen LogP contribution >= 0.6 is 10.6 Å². The smallest absolute Gasteiger partial charge is 0.161 e. The molecule has 0 unspecified atom stereocenters. The highest BCUT2D eigenvalue weighted by Gasteiger charge is 2.55. The summed E-state index contributed by atoms with van der Waals surface area (Å²) in [7, 11) is -2.77. The van der Waals surface area contributed by atoms with Crippen molar-refractivity contribution in [3.63, 3.8) is 0 Å². The van der Waals surface area contributed by atoms with Crippen LogP contribution < -0.4 is 10.6 Å². The van der Waals surface area contributed by atoms with Crippen LogP contribution in [-0.2, 0) is 9.48 Å². The molecule has 0 radical (unpaired) electrons. The van der Waals surface area contributed by atoms with Gasteiger partial charge in [-0.3, -0.25) is 9.11 Å². The third-order valence-corrected chi connectivity index (χ3v) is 7.88. The van der Waals surface area contributed by atoms with E-state index in [4.69, 9.17) is 20.4 Å². The summed E-state index contributed by atoms with van der Waals surface area (Å²) in [5, 5.41) is 0. The number of hydrogen-bond acceptors (Lipinski definition) is 7. The number of nitrogens with two attached hydrogens (primary N) is 1. The molecule has 2 heterocycles. The quantitative estimate of drug-likeness (QED) is 0.653. The molecule has 4 N–H and O–H groups in total. The minimum atomic E-state index is -2.77. The second kappa shape index (κ2) is 7.18. The van der Waals surface area contributed by atoms with Gasteiger partial charge in [-0.05, 0) is 43.5 Å². The van der Waals surface area contributed by atoms with Crippen molar-refractivity contribution < 1.29 is 13.8 Å². The van der Waals surface area contributed by atoms with Gasteiger partial charge in [-0.2, -0.15) is 10.6 Å². The fourth-order valence-electron chi connectivity index (χ4n) is 3.83. The molecule has 1 aliphatic carbocycles. The van der Waals surface area contributed by atoms with Crippen LogP contribution in [-0.4, -0.2) is 51.1 Å². The van der Waals surface area contributed by atoms with Crippen molar-refractivity contribution >= 4 is 22.1 Å². The Morgan fingerprint density at radius 3 is 2.57 bits per heavy atom. The van der Waals surface area contributed by atoms with Gasteiger partial charge in [-0.25, -0.2) is 9.97 Å². The standard InChI is InChI=1S/C20H28N4O3S/c1-3-16-13-27-11-10-24(16)18-12-17(20(8-9-20)28(2,25)26)22-19(23-18)14-4-6-15(21)7-5-14/h4-7,12,16,25-26H,3,8-11,13,21H2,1-2H3/t16-/m0/s1. The van der Waals surface area contributed by atoms with Crippen LogP contribution in [0.25, 0.3) is 11.4 Å². The van der Waals surface area contributed by atoms with E-state index in [2.05, 4.69) is 11.8 Å². The summed E-state index contributed by atoms with van der Waals surface area (Å²) in [5.41, 5.74) is 8.09. The van der Waals surface area contributed by atoms with Crippen LogP contribution in [0.15, 0.2) is 30.3 Å². The van der Waals surface area contributed by atoms with Gasteiger partial charge >= 0.3 is 0 Å². The zero-order valence-electron chi connectivity index (χ0n) is 16.3. The molecule has 2 aliphatic rings. The third kappa shape index (κ3) is 3.45. The minimum Gasteiger partial charge on any atom is -0.399 e. The maximum absolute atomic E-state index is 10.5. The summed E-state index contributed by atoms with van der Waals surface area (Å²) in [6.45, 7) is 4.22. The van der Waals surface area contributed by atoms with Crippen molar-refractivity contribution in [2.24, 2.45) is 0 Å². The summed E-state index contributed by atoms with van der Waals surface area (Å²) in [6, 6.07) is 9.65. The first-order chi connectivity index (χ1) is 13.3. The van der Waals surface area contributed by atoms with E-state index in [1.165, 1.54) is 6.26 Å². The molecule has 0 amide bonds. The SMILES string of the molecule is CC[C@H]1COCCN1c1cc(C2(S(C)(O)O)CC2)nc(-c2ccc(N)cc2)n1.